The summed E-state index contributed by atoms with van der Waals surface area (Å²) < 4.78 is 38.4. The number of amides is 1. The molecule has 0 aromatic heterocycles. The van der Waals surface area contributed by atoms with Crippen LogP contribution in [0.2, 0.25) is 0 Å². The van der Waals surface area contributed by atoms with Crippen molar-refractivity contribution in [2.75, 3.05) is 46.1 Å². The SMILES string of the molecule is O=C(c1cccc(S(=O)(=O)N2CCCCC2)c1)N1CCN(Cc2ccc3c(c2)OCO3)CC1. The normalized spacial score (nSPS) is 19.6. The Bertz CT molecular complexity index is 1120. The fraction of sp³-hybridized carbons (Fsp3) is 0.458. The molecular weight excluding hydrogens is 442 g/mol. The van der Waals surface area contributed by atoms with Crippen molar-refractivity contribution in [3.8, 4) is 11.5 Å². The largest absolute Gasteiger partial charge is 0.454 e. The molecule has 2 aromatic rings. The molecular formula is C24H29N3O5S. The molecule has 2 saturated heterocycles. The van der Waals surface area contributed by atoms with Gasteiger partial charge in [-0.2, -0.15) is 4.31 Å². The van der Waals surface area contributed by atoms with Crippen LogP contribution < -0.4 is 9.47 Å². The molecule has 1 amide bonds. The van der Waals surface area contributed by atoms with Gasteiger partial charge in [-0.1, -0.05) is 18.6 Å². The van der Waals surface area contributed by atoms with Gasteiger partial charge in [-0.15, -0.1) is 0 Å². The van der Waals surface area contributed by atoms with Crippen LogP contribution in [0.15, 0.2) is 47.4 Å². The second-order valence-corrected chi connectivity index (χ2v) is 10.7. The van der Waals surface area contributed by atoms with E-state index >= 15 is 0 Å². The maximum absolute atomic E-state index is 13.1. The number of rotatable bonds is 5. The van der Waals surface area contributed by atoms with Crippen LogP contribution in [0.3, 0.4) is 0 Å². The minimum atomic E-state index is -3.56. The zero-order valence-electron chi connectivity index (χ0n) is 18.6. The van der Waals surface area contributed by atoms with Gasteiger partial charge < -0.3 is 14.4 Å². The van der Waals surface area contributed by atoms with Crippen LogP contribution in [0.1, 0.15) is 35.2 Å². The number of carbonyl (C=O) groups excluding carboxylic acids is 1. The minimum absolute atomic E-state index is 0.117. The molecule has 33 heavy (non-hydrogen) atoms. The summed E-state index contributed by atoms with van der Waals surface area (Å²) >= 11 is 0. The number of nitrogens with zero attached hydrogens (tertiary/aromatic N) is 3. The van der Waals surface area contributed by atoms with Crippen LogP contribution >= 0.6 is 0 Å². The summed E-state index contributed by atoms with van der Waals surface area (Å²) in [5.41, 5.74) is 1.58. The first-order valence-corrected chi connectivity index (χ1v) is 12.9. The van der Waals surface area contributed by atoms with Gasteiger partial charge in [0, 0.05) is 51.4 Å². The molecule has 0 atom stereocenters. The van der Waals surface area contributed by atoms with Gasteiger partial charge >= 0.3 is 0 Å². The van der Waals surface area contributed by atoms with Gasteiger partial charge in [-0.25, -0.2) is 8.42 Å². The van der Waals surface area contributed by atoms with Crippen molar-refractivity contribution in [2.45, 2.75) is 30.7 Å². The molecule has 2 aromatic carbocycles. The second kappa shape index (κ2) is 9.32. The van der Waals surface area contributed by atoms with Crippen LogP contribution in [0.5, 0.6) is 11.5 Å². The van der Waals surface area contributed by atoms with Gasteiger partial charge in [0.2, 0.25) is 16.8 Å². The second-order valence-electron chi connectivity index (χ2n) is 8.75. The van der Waals surface area contributed by atoms with Crippen molar-refractivity contribution in [2.24, 2.45) is 0 Å². The van der Waals surface area contributed by atoms with E-state index < -0.39 is 10.0 Å². The van der Waals surface area contributed by atoms with E-state index in [9.17, 15) is 13.2 Å². The van der Waals surface area contributed by atoms with E-state index in [1.54, 1.807) is 18.2 Å². The highest BCUT2D eigenvalue weighted by atomic mass is 32.2. The highest BCUT2D eigenvalue weighted by Crippen LogP contribution is 2.33. The van der Waals surface area contributed by atoms with Crippen molar-refractivity contribution in [1.29, 1.82) is 0 Å². The average molecular weight is 472 g/mol. The van der Waals surface area contributed by atoms with Crippen molar-refractivity contribution in [3.05, 3.63) is 53.6 Å². The van der Waals surface area contributed by atoms with E-state index in [4.69, 9.17) is 9.47 Å². The average Bonchev–Trinajstić information content (AvgIpc) is 3.33. The van der Waals surface area contributed by atoms with E-state index in [-0.39, 0.29) is 17.6 Å². The quantitative estimate of drug-likeness (QED) is 0.667. The zero-order chi connectivity index (χ0) is 22.8. The third-order valence-corrected chi connectivity index (χ3v) is 8.43. The predicted octanol–water partition coefficient (Wildman–Crippen LogP) is 2.55. The summed E-state index contributed by atoms with van der Waals surface area (Å²) in [6.07, 6.45) is 2.83. The summed E-state index contributed by atoms with van der Waals surface area (Å²) in [5.74, 6) is 1.44. The van der Waals surface area contributed by atoms with E-state index in [0.29, 0.717) is 31.7 Å². The summed E-state index contributed by atoms with van der Waals surface area (Å²) in [4.78, 5) is 17.4. The first kappa shape index (κ1) is 22.2. The minimum Gasteiger partial charge on any atom is -0.454 e. The fourth-order valence-corrected chi connectivity index (χ4v) is 6.20. The van der Waals surface area contributed by atoms with E-state index in [2.05, 4.69) is 4.90 Å². The highest BCUT2D eigenvalue weighted by Gasteiger charge is 2.28. The summed E-state index contributed by atoms with van der Waals surface area (Å²) in [5, 5.41) is 0. The van der Waals surface area contributed by atoms with Crippen LogP contribution in [-0.4, -0.2) is 74.5 Å². The van der Waals surface area contributed by atoms with Gasteiger partial charge in [0.25, 0.3) is 5.91 Å². The Balaban J connectivity index is 1.21. The van der Waals surface area contributed by atoms with Crippen molar-refractivity contribution < 1.29 is 22.7 Å². The molecule has 3 aliphatic heterocycles. The number of hydrogen-bond acceptors (Lipinski definition) is 6. The number of ether oxygens (including phenoxy) is 2. The summed E-state index contributed by atoms with van der Waals surface area (Å²) in [6.45, 7) is 4.86. The Kier molecular flexibility index (Phi) is 6.27. The molecule has 0 saturated carbocycles. The number of hydrogen-bond donors (Lipinski definition) is 0. The van der Waals surface area contributed by atoms with Gasteiger partial charge in [0.1, 0.15) is 0 Å². The highest BCUT2D eigenvalue weighted by molar-refractivity contribution is 7.89. The first-order valence-electron chi connectivity index (χ1n) is 11.5. The lowest BCUT2D eigenvalue weighted by atomic mass is 10.1. The predicted molar refractivity (Wildman–Crippen MR) is 123 cm³/mol. The monoisotopic (exact) mass is 471 g/mol. The molecule has 0 N–H and O–H groups in total. The summed E-state index contributed by atoms with van der Waals surface area (Å²) in [6, 6.07) is 12.5. The van der Waals surface area contributed by atoms with Crippen molar-refractivity contribution in [1.82, 2.24) is 14.1 Å². The van der Waals surface area contributed by atoms with Crippen molar-refractivity contribution >= 4 is 15.9 Å². The lowest BCUT2D eigenvalue weighted by Gasteiger charge is -2.35. The molecule has 0 radical (unpaired) electrons. The molecule has 0 bridgehead atoms. The van der Waals surface area contributed by atoms with Gasteiger partial charge in [0.15, 0.2) is 11.5 Å². The molecule has 5 rings (SSSR count). The maximum Gasteiger partial charge on any atom is 0.253 e. The van der Waals surface area contributed by atoms with E-state index in [1.165, 1.54) is 10.4 Å². The third kappa shape index (κ3) is 4.71. The Labute approximate surface area is 194 Å². The van der Waals surface area contributed by atoms with E-state index in [0.717, 1.165) is 56.0 Å². The topological polar surface area (TPSA) is 79.4 Å². The van der Waals surface area contributed by atoms with E-state index in [1.807, 2.05) is 23.1 Å². The van der Waals surface area contributed by atoms with Crippen molar-refractivity contribution in [3.63, 3.8) is 0 Å². The fourth-order valence-electron chi connectivity index (χ4n) is 4.63. The molecule has 9 heteroatoms. The molecule has 2 fully saturated rings. The van der Waals surface area contributed by atoms with Gasteiger partial charge in [0.05, 0.1) is 4.90 Å². The number of fused-ring (bicyclic) bond motifs is 1. The Morgan fingerprint density at radius 3 is 2.39 bits per heavy atom. The van der Waals surface area contributed by atoms with Crippen LogP contribution in [0.25, 0.3) is 0 Å². The Hall–Kier alpha value is -2.62. The number of piperazine rings is 1. The number of sulfonamides is 1. The number of carbonyl (C=O) groups is 1. The molecule has 176 valence electrons. The molecule has 0 unspecified atom stereocenters. The summed E-state index contributed by atoms with van der Waals surface area (Å²) in [7, 11) is -3.56. The first-order chi connectivity index (χ1) is 16.0. The molecule has 0 aliphatic carbocycles. The molecule has 3 aliphatic rings. The lowest BCUT2D eigenvalue weighted by molar-refractivity contribution is 0.0628. The standard InChI is InChI=1S/C24H29N3O5S/c28-24(20-5-4-6-21(16-20)33(29,30)27-9-2-1-3-10-27)26-13-11-25(12-14-26)17-19-7-8-22-23(15-19)32-18-31-22/h4-8,15-16H,1-3,9-14,17-18H2. The Morgan fingerprint density at radius 1 is 0.848 bits per heavy atom. The third-order valence-electron chi connectivity index (χ3n) is 6.54. The smallest absolute Gasteiger partial charge is 0.253 e. The molecule has 0 spiro atoms. The zero-order valence-corrected chi connectivity index (χ0v) is 19.4. The Morgan fingerprint density at radius 2 is 1.61 bits per heavy atom. The van der Waals surface area contributed by atoms with Gasteiger partial charge in [-0.05, 0) is 48.7 Å². The van der Waals surface area contributed by atoms with Crippen LogP contribution in [0, 0.1) is 0 Å². The van der Waals surface area contributed by atoms with Crippen LogP contribution in [-0.2, 0) is 16.6 Å². The maximum atomic E-state index is 13.1. The molecule has 8 nitrogen and oxygen atoms in total. The van der Waals surface area contributed by atoms with Gasteiger partial charge in [-0.3, -0.25) is 9.69 Å². The number of benzene rings is 2. The van der Waals surface area contributed by atoms with Crippen LogP contribution in [0.4, 0.5) is 0 Å². The lowest BCUT2D eigenvalue weighted by Crippen LogP contribution is -2.48. The molecule has 3 heterocycles. The number of piperidine rings is 1.